The standard InChI is InChI=1S/C19H23N3O3/c1-14-5-7-15(8-6-14)17-4-3-11-21(17)19(24)16-9-10-18(23)22(20-16)12-13-25-2/h5-10,17H,3-4,11-13H2,1-2H3/t17-/m0/s1. The number of amides is 1. The lowest BCUT2D eigenvalue weighted by Gasteiger charge is -2.25. The third kappa shape index (κ3) is 3.79. The molecule has 0 saturated carbocycles. The van der Waals surface area contributed by atoms with Crippen molar-refractivity contribution in [1.82, 2.24) is 14.7 Å². The Morgan fingerprint density at radius 3 is 2.72 bits per heavy atom. The highest BCUT2D eigenvalue weighted by molar-refractivity contribution is 5.92. The van der Waals surface area contributed by atoms with Crippen molar-refractivity contribution < 1.29 is 9.53 Å². The van der Waals surface area contributed by atoms with E-state index in [1.165, 1.54) is 22.4 Å². The lowest BCUT2D eigenvalue weighted by atomic mass is 10.0. The molecule has 25 heavy (non-hydrogen) atoms. The van der Waals surface area contributed by atoms with E-state index in [1.54, 1.807) is 7.11 Å². The molecule has 1 aliphatic rings. The molecule has 1 fully saturated rings. The summed E-state index contributed by atoms with van der Waals surface area (Å²) in [5.41, 5.74) is 2.41. The first-order chi connectivity index (χ1) is 12.1. The molecule has 1 atom stereocenters. The Kier molecular flexibility index (Phi) is 5.28. The van der Waals surface area contributed by atoms with E-state index in [4.69, 9.17) is 4.74 Å². The molecule has 0 bridgehead atoms. The molecule has 2 heterocycles. The van der Waals surface area contributed by atoms with Gasteiger partial charge >= 0.3 is 0 Å². The summed E-state index contributed by atoms with van der Waals surface area (Å²) in [6.45, 7) is 3.46. The monoisotopic (exact) mass is 341 g/mol. The second-order valence-electron chi connectivity index (χ2n) is 6.34. The van der Waals surface area contributed by atoms with Crippen LogP contribution in [0.1, 0.15) is 40.5 Å². The first kappa shape index (κ1) is 17.4. The van der Waals surface area contributed by atoms with Gasteiger partial charge in [0.05, 0.1) is 19.2 Å². The highest BCUT2D eigenvalue weighted by Gasteiger charge is 2.31. The first-order valence-corrected chi connectivity index (χ1v) is 8.55. The lowest BCUT2D eigenvalue weighted by Crippen LogP contribution is -2.34. The zero-order valence-electron chi connectivity index (χ0n) is 14.6. The van der Waals surface area contributed by atoms with Crippen molar-refractivity contribution in [2.45, 2.75) is 32.4 Å². The number of rotatable bonds is 5. The van der Waals surface area contributed by atoms with Crippen molar-refractivity contribution in [3.8, 4) is 0 Å². The topological polar surface area (TPSA) is 64.4 Å². The maximum Gasteiger partial charge on any atom is 0.274 e. The maximum absolute atomic E-state index is 13.0. The molecule has 1 amide bonds. The zero-order chi connectivity index (χ0) is 17.8. The number of aromatic nitrogens is 2. The predicted octanol–water partition coefficient (Wildman–Crippen LogP) is 2.18. The van der Waals surface area contributed by atoms with Gasteiger partial charge in [-0.3, -0.25) is 9.59 Å². The summed E-state index contributed by atoms with van der Waals surface area (Å²) in [6.07, 6.45) is 1.91. The lowest BCUT2D eigenvalue weighted by molar-refractivity contribution is 0.0725. The summed E-state index contributed by atoms with van der Waals surface area (Å²) in [5, 5.41) is 4.23. The molecule has 1 aliphatic heterocycles. The van der Waals surface area contributed by atoms with Gasteiger partial charge in [-0.15, -0.1) is 0 Å². The SMILES string of the molecule is COCCn1nc(C(=O)N2CCC[C@H]2c2ccc(C)cc2)ccc1=O. The molecular formula is C19H23N3O3. The number of hydrogen-bond donors (Lipinski definition) is 0. The molecule has 2 aromatic rings. The molecule has 3 rings (SSSR count). The van der Waals surface area contributed by atoms with Gasteiger partial charge in [0.15, 0.2) is 0 Å². The molecule has 0 radical (unpaired) electrons. The van der Waals surface area contributed by atoms with Crippen LogP contribution in [0.4, 0.5) is 0 Å². The van der Waals surface area contributed by atoms with Crippen LogP contribution in [0.25, 0.3) is 0 Å². The van der Waals surface area contributed by atoms with Gasteiger partial charge in [-0.25, -0.2) is 4.68 Å². The Balaban J connectivity index is 1.84. The summed E-state index contributed by atoms with van der Waals surface area (Å²) in [6, 6.07) is 11.3. The average Bonchev–Trinajstić information content (AvgIpc) is 3.11. The van der Waals surface area contributed by atoms with Gasteiger partial charge < -0.3 is 9.64 Å². The fourth-order valence-electron chi connectivity index (χ4n) is 3.19. The Morgan fingerprint density at radius 2 is 2.00 bits per heavy atom. The quantitative estimate of drug-likeness (QED) is 0.836. The molecule has 0 aliphatic carbocycles. The van der Waals surface area contributed by atoms with Gasteiger partial charge in [0, 0.05) is 19.7 Å². The van der Waals surface area contributed by atoms with Gasteiger partial charge in [0.1, 0.15) is 5.69 Å². The molecule has 0 N–H and O–H groups in total. The van der Waals surface area contributed by atoms with E-state index >= 15 is 0 Å². The van der Waals surface area contributed by atoms with Crippen LogP contribution in [0.15, 0.2) is 41.2 Å². The molecule has 1 aromatic heterocycles. The van der Waals surface area contributed by atoms with E-state index in [-0.39, 0.29) is 17.5 Å². The highest BCUT2D eigenvalue weighted by Crippen LogP contribution is 2.32. The van der Waals surface area contributed by atoms with Crippen LogP contribution in [-0.2, 0) is 11.3 Å². The smallest absolute Gasteiger partial charge is 0.274 e. The van der Waals surface area contributed by atoms with Crippen molar-refractivity contribution in [2.75, 3.05) is 20.3 Å². The van der Waals surface area contributed by atoms with Crippen LogP contribution in [0.5, 0.6) is 0 Å². The third-order valence-corrected chi connectivity index (χ3v) is 4.57. The van der Waals surface area contributed by atoms with Crippen molar-refractivity contribution in [3.05, 3.63) is 63.6 Å². The van der Waals surface area contributed by atoms with Crippen LogP contribution in [0.3, 0.4) is 0 Å². The van der Waals surface area contributed by atoms with Crippen molar-refractivity contribution in [2.24, 2.45) is 0 Å². The molecule has 0 unspecified atom stereocenters. The number of nitrogens with zero attached hydrogens (tertiary/aromatic N) is 3. The number of benzene rings is 1. The summed E-state index contributed by atoms with van der Waals surface area (Å²) in [7, 11) is 1.57. The molecule has 1 aromatic carbocycles. The second kappa shape index (κ2) is 7.61. The Labute approximate surface area is 147 Å². The number of carbonyl (C=O) groups is 1. The van der Waals surface area contributed by atoms with Crippen molar-refractivity contribution in [3.63, 3.8) is 0 Å². The number of methoxy groups -OCH3 is 1. The molecular weight excluding hydrogens is 318 g/mol. The number of ether oxygens (including phenoxy) is 1. The minimum Gasteiger partial charge on any atom is -0.383 e. The Bertz CT molecular complexity index is 798. The van der Waals surface area contributed by atoms with Crippen LogP contribution >= 0.6 is 0 Å². The minimum atomic E-state index is -0.231. The number of carbonyl (C=O) groups excluding carboxylic acids is 1. The summed E-state index contributed by atoms with van der Waals surface area (Å²) >= 11 is 0. The average molecular weight is 341 g/mol. The second-order valence-corrected chi connectivity index (χ2v) is 6.34. The van der Waals surface area contributed by atoms with E-state index in [0.717, 1.165) is 18.4 Å². The van der Waals surface area contributed by atoms with Gasteiger partial charge in [-0.1, -0.05) is 29.8 Å². The summed E-state index contributed by atoms with van der Waals surface area (Å²) in [4.78, 5) is 26.7. The zero-order valence-corrected chi connectivity index (χ0v) is 14.6. The minimum absolute atomic E-state index is 0.0641. The summed E-state index contributed by atoms with van der Waals surface area (Å²) in [5.74, 6) is -0.130. The van der Waals surface area contributed by atoms with Gasteiger partial charge in [-0.2, -0.15) is 5.10 Å². The number of likely N-dealkylation sites (tertiary alicyclic amines) is 1. The van der Waals surface area contributed by atoms with Gasteiger partial charge in [0.2, 0.25) is 0 Å². The Morgan fingerprint density at radius 1 is 1.24 bits per heavy atom. The van der Waals surface area contributed by atoms with E-state index in [1.807, 2.05) is 4.90 Å². The predicted molar refractivity (Wildman–Crippen MR) is 94.6 cm³/mol. The van der Waals surface area contributed by atoms with E-state index in [0.29, 0.717) is 25.4 Å². The van der Waals surface area contributed by atoms with Crippen molar-refractivity contribution in [1.29, 1.82) is 0 Å². The van der Waals surface area contributed by atoms with E-state index in [2.05, 4.69) is 36.3 Å². The normalized spacial score (nSPS) is 17.0. The number of hydrogen-bond acceptors (Lipinski definition) is 4. The van der Waals surface area contributed by atoms with Gasteiger partial charge in [-0.05, 0) is 31.4 Å². The summed E-state index contributed by atoms with van der Waals surface area (Å²) < 4.78 is 6.28. The van der Waals surface area contributed by atoms with Crippen LogP contribution in [0.2, 0.25) is 0 Å². The van der Waals surface area contributed by atoms with Crippen molar-refractivity contribution >= 4 is 5.91 Å². The molecule has 1 saturated heterocycles. The maximum atomic E-state index is 13.0. The fourth-order valence-corrected chi connectivity index (χ4v) is 3.19. The van der Waals surface area contributed by atoms with Crippen LogP contribution in [-0.4, -0.2) is 40.8 Å². The first-order valence-electron chi connectivity index (χ1n) is 8.55. The van der Waals surface area contributed by atoms with E-state index < -0.39 is 0 Å². The number of aryl methyl sites for hydroxylation is 1. The van der Waals surface area contributed by atoms with Crippen LogP contribution in [0, 0.1) is 6.92 Å². The van der Waals surface area contributed by atoms with Gasteiger partial charge in [0.25, 0.3) is 11.5 Å². The van der Waals surface area contributed by atoms with Crippen LogP contribution < -0.4 is 5.56 Å². The third-order valence-electron chi connectivity index (χ3n) is 4.57. The fraction of sp³-hybridized carbons (Fsp3) is 0.421. The largest absolute Gasteiger partial charge is 0.383 e. The molecule has 0 spiro atoms. The molecule has 6 heteroatoms. The molecule has 132 valence electrons. The highest BCUT2D eigenvalue weighted by atomic mass is 16.5. The molecule has 6 nitrogen and oxygen atoms in total. The van der Waals surface area contributed by atoms with E-state index in [9.17, 15) is 9.59 Å². The Hall–Kier alpha value is -2.47.